The fourth-order valence-corrected chi connectivity index (χ4v) is 4.95. The molecule has 2 unspecified atom stereocenters. The molecule has 1 fully saturated rings. The van der Waals surface area contributed by atoms with Crippen LogP contribution in [0, 0.1) is 5.41 Å². The summed E-state index contributed by atoms with van der Waals surface area (Å²) >= 11 is 0. The molecule has 1 saturated carbocycles. The molecule has 0 aromatic carbocycles. The van der Waals surface area contributed by atoms with E-state index in [4.69, 9.17) is 4.74 Å². The van der Waals surface area contributed by atoms with Crippen LogP contribution in [0.2, 0.25) is 0 Å². The van der Waals surface area contributed by atoms with Crippen molar-refractivity contribution >= 4 is 9.84 Å². The monoisotopic (exact) mass is 291 g/mol. The number of hydrogen-bond donors (Lipinski definition) is 1. The molecule has 0 aromatic rings. The summed E-state index contributed by atoms with van der Waals surface area (Å²) in [6.45, 7) is 7.62. The summed E-state index contributed by atoms with van der Waals surface area (Å²) < 4.78 is 29.9. The third-order valence-electron chi connectivity index (χ3n) is 4.02. The third kappa shape index (κ3) is 5.04. The van der Waals surface area contributed by atoms with Crippen LogP contribution in [0.3, 0.4) is 0 Å². The maximum absolute atomic E-state index is 12.5. The number of rotatable bonds is 7. The molecule has 19 heavy (non-hydrogen) atoms. The maximum Gasteiger partial charge on any atom is 0.156 e. The van der Waals surface area contributed by atoms with E-state index >= 15 is 0 Å². The van der Waals surface area contributed by atoms with Crippen molar-refractivity contribution in [1.29, 1.82) is 0 Å². The topological polar surface area (TPSA) is 55.4 Å². The number of nitrogens with one attached hydrogen (secondary N) is 1. The van der Waals surface area contributed by atoms with Gasteiger partial charge in [-0.3, -0.25) is 0 Å². The molecule has 0 aliphatic heterocycles. The highest BCUT2D eigenvalue weighted by Crippen LogP contribution is 2.38. The fourth-order valence-electron chi connectivity index (χ4n) is 2.81. The van der Waals surface area contributed by atoms with Gasteiger partial charge in [-0.05, 0) is 37.6 Å². The van der Waals surface area contributed by atoms with Crippen LogP contribution >= 0.6 is 0 Å². The van der Waals surface area contributed by atoms with Crippen LogP contribution in [0.4, 0.5) is 0 Å². The highest BCUT2D eigenvalue weighted by molar-refractivity contribution is 7.92. The van der Waals surface area contributed by atoms with Gasteiger partial charge in [-0.25, -0.2) is 8.42 Å². The van der Waals surface area contributed by atoms with Crippen LogP contribution in [-0.2, 0) is 14.6 Å². The summed E-state index contributed by atoms with van der Waals surface area (Å²) in [5, 5.41) is 3.16. The van der Waals surface area contributed by atoms with Crippen molar-refractivity contribution in [2.24, 2.45) is 5.41 Å². The molecule has 4 nitrogen and oxygen atoms in total. The number of methoxy groups -OCH3 is 1. The van der Waals surface area contributed by atoms with E-state index in [1.54, 1.807) is 7.11 Å². The second kappa shape index (κ2) is 7.04. The third-order valence-corrected chi connectivity index (χ3v) is 6.18. The minimum atomic E-state index is -3.08. The van der Waals surface area contributed by atoms with Gasteiger partial charge in [-0.1, -0.05) is 20.8 Å². The normalized spacial score (nSPS) is 27.4. The summed E-state index contributed by atoms with van der Waals surface area (Å²) in [4.78, 5) is 0. The van der Waals surface area contributed by atoms with Crippen molar-refractivity contribution in [1.82, 2.24) is 5.32 Å². The van der Waals surface area contributed by atoms with Crippen LogP contribution in [0.1, 0.15) is 46.5 Å². The van der Waals surface area contributed by atoms with Crippen LogP contribution < -0.4 is 5.32 Å². The Morgan fingerprint density at radius 2 is 2.05 bits per heavy atom. The van der Waals surface area contributed by atoms with E-state index in [1.165, 1.54) is 0 Å². The fraction of sp³-hybridized carbons (Fsp3) is 1.00. The standard InChI is InChI=1S/C14H29NO3S/c1-5-8-15-12-6-7-14(2,3)11-13(12)19(16,17)10-9-18-4/h12-13,15H,5-11H2,1-4H3. The lowest BCUT2D eigenvalue weighted by Gasteiger charge is -2.40. The smallest absolute Gasteiger partial charge is 0.156 e. The minimum Gasteiger partial charge on any atom is -0.384 e. The molecule has 0 saturated heterocycles. The molecule has 0 radical (unpaired) electrons. The van der Waals surface area contributed by atoms with Crippen molar-refractivity contribution in [2.45, 2.75) is 57.7 Å². The minimum absolute atomic E-state index is 0.106. The first-order chi connectivity index (χ1) is 8.82. The lowest BCUT2D eigenvalue weighted by molar-refractivity contribution is 0.203. The molecule has 5 heteroatoms. The first kappa shape index (κ1) is 16.9. The van der Waals surface area contributed by atoms with Gasteiger partial charge in [0.25, 0.3) is 0 Å². The zero-order chi connectivity index (χ0) is 14.5. The van der Waals surface area contributed by atoms with Gasteiger partial charge in [0.1, 0.15) is 0 Å². The Balaban J connectivity index is 2.81. The van der Waals surface area contributed by atoms with E-state index in [0.717, 1.165) is 32.2 Å². The van der Waals surface area contributed by atoms with Gasteiger partial charge in [0.05, 0.1) is 17.6 Å². The van der Waals surface area contributed by atoms with Crippen LogP contribution in [0.15, 0.2) is 0 Å². The van der Waals surface area contributed by atoms with Crippen molar-refractivity contribution < 1.29 is 13.2 Å². The molecule has 1 aliphatic rings. The Kier molecular flexibility index (Phi) is 6.27. The molecule has 2 atom stereocenters. The Hall–Kier alpha value is -0.130. The highest BCUT2D eigenvalue weighted by Gasteiger charge is 2.41. The van der Waals surface area contributed by atoms with Gasteiger partial charge in [0, 0.05) is 13.2 Å². The summed E-state index contributed by atoms with van der Waals surface area (Å²) in [5.74, 6) is 0.133. The molecule has 1 aliphatic carbocycles. The second-order valence-electron chi connectivity index (χ2n) is 6.37. The van der Waals surface area contributed by atoms with Crippen LogP contribution in [0.25, 0.3) is 0 Å². The van der Waals surface area contributed by atoms with E-state index in [2.05, 4.69) is 26.1 Å². The van der Waals surface area contributed by atoms with E-state index in [1.807, 2.05) is 0 Å². The molecule has 0 heterocycles. The Morgan fingerprint density at radius 1 is 1.37 bits per heavy atom. The molecule has 0 bridgehead atoms. The SMILES string of the molecule is CCCNC1CCC(C)(C)CC1S(=O)(=O)CCOC. The largest absolute Gasteiger partial charge is 0.384 e. The van der Waals surface area contributed by atoms with Gasteiger partial charge >= 0.3 is 0 Å². The molecule has 1 rings (SSSR count). The lowest BCUT2D eigenvalue weighted by atomic mass is 9.75. The predicted molar refractivity (Wildman–Crippen MR) is 79.2 cm³/mol. The first-order valence-corrected chi connectivity index (χ1v) is 8.98. The van der Waals surface area contributed by atoms with Crippen molar-refractivity contribution in [3.05, 3.63) is 0 Å². The summed E-state index contributed by atoms with van der Waals surface area (Å²) in [7, 11) is -1.53. The highest BCUT2D eigenvalue weighted by atomic mass is 32.2. The van der Waals surface area contributed by atoms with E-state index in [-0.39, 0.29) is 22.5 Å². The summed E-state index contributed by atoms with van der Waals surface area (Å²) in [6.07, 6.45) is 3.82. The van der Waals surface area contributed by atoms with Gasteiger partial charge < -0.3 is 10.1 Å². The molecule has 0 spiro atoms. The van der Waals surface area contributed by atoms with Crippen molar-refractivity contribution in [2.75, 3.05) is 26.0 Å². The van der Waals surface area contributed by atoms with Crippen LogP contribution in [-0.4, -0.2) is 45.7 Å². The van der Waals surface area contributed by atoms with Gasteiger partial charge in [0.2, 0.25) is 0 Å². The van der Waals surface area contributed by atoms with E-state index in [0.29, 0.717) is 6.61 Å². The predicted octanol–water partition coefficient (Wildman–Crippen LogP) is 1.99. The van der Waals surface area contributed by atoms with E-state index < -0.39 is 9.84 Å². The zero-order valence-corrected chi connectivity index (χ0v) is 13.6. The molecule has 114 valence electrons. The first-order valence-electron chi connectivity index (χ1n) is 7.26. The van der Waals surface area contributed by atoms with E-state index in [9.17, 15) is 8.42 Å². The molecular formula is C14H29NO3S. The maximum atomic E-state index is 12.5. The lowest BCUT2D eigenvalue weighted by Crippen LogP contribution is -2.51. The Morgan fingerprint density at radius 3 is 2.63 bits per heavy atom. The van der Waals surface area contributed by atoms with Gasteiger partial charge in [-0.15, -0.1) is 0 Å². The molecule has 0 amide bonds. The number of sulfone groups is 1. The molecule has 1 N–H and O–H groups in total. The van der Waals surface area contributed by atoms with Crippen LogP contribution in [0.5, 0.6) is 0 Å². The molecular weight excluding hydrogens is 262 g/mol. The quantitative estimate of drug-likeness (QED) is 0.779. The van der Waals surface area contributed by atoms with Gasteiger partial charge in [-0.2, -0.15) is 0 Å². The Bertz CT molecular complexity index is 365. The molecule has 0 aromatic heterocycles. The zero-order valence-electron chi connectivity index (χ0n) is 12.7. The van der Waals surface area contributed by atoms with Crippen molar-refractivity contribution in [3.63, 3.8) is 0 Å². The average molecular weight is 291 g/mol. The average Bonchev–Trinajstić information content (AvgIpc) is 2.34. The number of hydrogen-bond acceptors (Lipinski definition) is 4. The summed E-state index contributed by atoms with van der Waals surface area (Å²) in [6, 6.07) is 0.106. The Labute approximate surface area is 118 Å². The van der Waals surface area contributed by atoms with Crippen molar-refractivity contribution in [3.8, 4) is 0 Å². The second-order valence-corrected chi connectivity index (χ2v) is 8.71. The summed E-state index contributed by atoms with van der Waals surface area (Å²) in [5.41, 5.74) is 0.120. The number of ether oxygens (including phenoxy) is 1. The van der Waals surface area contributed by atoms with Gasteiger partial charge in [0.15, 0.2) is 9.84 Å².